The third-order valence-electron chi connectivity index (χ3n) is 10.2. The van der Waals surface area contributed by atoms with Gasteiger partial charge in [0.15, 0.2) is 5.82 Å². The van der Waals surface area contributed by atoms with Crippen LogP contribution in [-0.2, 0) is 23.1 Å². The van der Waals surface area contributed by atoms with Crippen molar-refractivity contribution in [2.45, 2.75) is 69.5 Å². The van der Waals surface area contributed by atoms with Crippen molar-refractivity contribution in [3.05, 3.63) is 75.6 Å². The maximum Gasteiger partial charge on any atom is 0.253 e. The molecule has 3 aromatic rings. The molecule has 2 aliphatic carbocycles. The van der Waals surface area contributed by atoms with E-state index in [-0.39, 0.29) is 48.3 Å². The van der Waals surface area contributed by atoms with Gasteiger partial charge in [-0.3, -0.25) is 14.4 Å². The number of likely N-dealkylation sites (tertiary alicyclic amines) is 1. The molecule has 3 aliphatic rings. The SMILES string of the molecule is CC(C)[C@H](CC1(c2nnn[nH]2)c2ccc(C(=O)N(C)C)cc2CCc2cc(C(=O)N(C)C)ccc21)NCC(=O)N1C(C#N)C[C@@H]2C[C@@H]21. The van der Waals surface area contributed by atoms with Crippen molar-refractivity contribution in [3.63, 3.8) is 0 Å². The standard InChI is InChI=1S/C35H43N9O3/c1-20(2)29(37-19-31(45)44-26(18-36)15-25-16-30(25)44)17-35(34-38-40-41-39-34)27-11-9-23(32(46)42(3)4)13-21(27)7-8-22-14-24(10-12-28(22)35)33(47)43(5)6/h9-14,20,25-26,29-30,37H,7-8,15-17,19H2,1-6H3,(H,38,39,40,41)/t25-,26?,29+,30+/m1/s1. The molecule has 246 valence electrons. The van der Waals surface area contributed by atoms with Crippen LogP contribution < -0.4 is 5.32 Å². The van der Waals surface area contributed by atoms with Crippen molar-refractivity contribution in [2.24, 2.45) is 11.8 Å². The van der Waals surface area contributed by atoms with Gasteiger partial charge in [-0.1, -0.05) is 26.0 Å². The van der Waals surface area contributed by atoms with Crippen LogP contribution >= 0.6 is 0 Å². The average molecular weight is 638 g/mol. The van der Waals surface area contributed by atoms with E-state index in [4.69, 9.17) is 0 Å². The normalized spacial score (nSPS) is 21.1. The number of amides is 3. The monoisotopic (exact) mass is 637 g/mol. The van der Waals surface area contributed by atoms with Crippen LogP contribution in [0, 0.1) is 23.2 Å². The van der Waals surface area contributed by atoms with Crippen molar-refractivity contribution >= 4 is 17.7 Å². The molecule has 47 heavy (non-hydrogen) atoms. The fourth-order valence-electron chi connectivity index (χ4n) is 7.66. The van der Waals surface area contributed by atoms with Gasteiger partial charge in [-0.15, -0.1) is 5.10 Å². The Morgan fingerprint density at radius 2 is 1.60 bits per heavy atom. The van der Waals surface area contributed by atoms with Gasteiger partial charge < -0.3 is 20.0 Å². The maximum absolute atomic E-state index is 13.5. The van der Waals surface area contributed by atoms with Crippen LogP contribution in [0.3, 0.4) is 0 Å². The Labute approximate surface area is 275 Å². The van der Waals surface area contributed by atoms with E-state index >= 15 is 0 Å². The molecule has 1 aromatic heterocycles. The van der Waals surface area contributed by atoms with Crippen LogP contribution in [0.5, 0.6) is 0 Å². The highest BCUT2D eigenvalue weighted by molar-refractivity contribution is 5.95. The number of fused-ring (bicyclic) bond motifs is 3. The summed E-state index contributed by atoms with van der Waals surface area (Å²) in [6.07, 6.45) is 3.51. The number of carbonyl (C=O) groups is 3. The summed E-state index contributed by atoms with van der Waals surface area (Å²) >= 11 is 0. The number of benzene rings is 2. The number of aromatic nitrogens is 4. The highest BCUT2D eigenvalue weighted by Gasteiger charge is 2.54. The summed E-state index contributed by atoms with van der Waals surface area (Å²) in [4.78, 5) is 44.6. The predicted molar refractivity (Wildman–Crippen MR) is 174 cm³/mol. The first kappa shape index (κ1) is 32.3. The lowest BCUT2D eigenvalue weighted by atomic mass is 9.66. The third-order valence-corrected chi connectivity index (χ3v) is 10.2. The second-order valence-electron chi connectivity index (χ2n) is 14.0. The molecule has 2 fully saturated rings. The van der Waals surface area contributed by atoms with Crippen molar-refractivity contribution in [2.75, 3.05) is 34.7 Å². The van der Waals surface area contributed by atoms with E-state index in [2.05, 4.69) is 45.9 Å². The number of aryl methyl sites for hydroxylation is 2. The van der Waals surface area contributed by atoms with E-state index in [1.165, 1.54) is 0 Å². The van der Waals surface area contributed by atoms with E-state index in [9.17, 15) is 19.6 Å². The summed E-state index contributed by atoms with van der Waals surface area (Å²) in [7, 11) is 6.95. The number of rotatable bonds is 9. The third kappa shape index (κ3) is 5.78. The summed E-state index contributed by atoms with van der Waals surface area (Å²) in [5, 5.41) is 28.9. The van der Waals surface area contributed by atoms with E-state index in [1.54, 1.807) is 42.9 Å². The molecular formula is C35H43N9O3. The topological polar surface area (TPSA) is 151 Å². The van der Waals surface area contributed by atoms with Crippen molar-refractivity contribution in [1.82, 2.24) is 40.6 Å². The lowest BCUT2D eigenvalue weighted by Gasteiger charge is -2.39. The first-order chi connectivity index (χ1) is 22.5. The number of hydrogen-bond acceptors (Lipinski definition) is 8. The van der Waals surface area contributed by atoms with Gasteiger partial charge in [0.05, 0.1) is 18.0 Å². The van der Waals surface area contributed by atoms with Gasteiger partial charge in [0, 0.05) is 51.4 Å². The molecule has 12 nitrogen and oxygen atoms in total. The first-order valence-corrected chi connectivity index (χ1v) is 16.3. The fraction of sp³-hybridized carbons (Fsp3) is 0.514. The molecule has 4 atom stereocenters. The van der Waals surface area contributed by atoms with Gasteiger partial charge in [-0.25, -0.2) is 5.10 Å². The Balaban J connectivity index is 1.46. The van der Waals surface area contributed by atoms with Crippen LogP contribution in [0.25, 0.3) is 0 Å². The number of carbonyl (C=O) groups excluding carboxylic acids is 3. The fourth-order valence-corrected chi connectivity index (χ4v) is 7.66. The maximum atomic E-state index is 13.5. The highest BCUT2D eigenvalue weighted by atomic mass is 16.2. The molecule has 12 heteroatoms. The summed E-state index contributed by atoms with van der Waals surface area (Å²) < 4.78 is 0. The minimum atomic E-state index is -0.903. The smallest absolute Gasteiger partial charge is 0.253 e. The van der Waals surface area contributed by atoms with Gasteiger partial charge >= 0.3 is 0 Å². The number of nitriles is 1. The van der Waals surface area contributed by atoms with Crippen LogP contribution in [0.4, 0.5) is 0 Å². The second kappa shape index (κ2) is 12.5. The molecule has 1 unspecified atom stereocenters. The average Bonchev–Trinajstić information content (AvgIpc) is 3.44. The van der Waals surface area contributed by atoms with E-state index < -0.39 is 5.41 Å². The quantitative estimate of drug-likeness (QED) is 0.363. The molecule has 0 spiro atoms. The summed E-state index contributed by atoms with van der Waals surface area (Å²) in [5.41, 5.74) is 4.22. The summed E-state index contributed by atoms with van der Waals surface area (Å²) in [5.74, 6) is 0.868. The molecule has 2 aromatic carbocycles. The summed E-state index contributed by atoms with van der Waals surface area (Å²) in [6.45, 7) is 4.35. The number of piperidine rings is 1. The van der Waals surface area contributed by atoms with Gasteiger partial charge in [0.1, 0.15) is 6.04 Å². The Hall–Kier alpha value is -4.63. The van der Waals surface area contributed by atoms with Gasteiger partial charge in [-0.05, 0) is 101 Å². The Bertz CT molecular complexity index is 1650. The molecule has 2 N–H and O–H groups in total. The minimum absolute atomic E-state index is 0.0528. The molecule has 2 heterocycles. The van der Waals surface area contributed by atoms with Crippen LogP contribution in [0.15, 0.2) is 36.4 Å². The largest absolute Gasteiger partial charge is 0.345 e. The lowest BCUT2D eigenvalue weighted by molar-refractivity contribution is -0.131. The van der Waals surface area contributed by atoms with Gasteiger partial charge in [0.25, 0.3) is 11.8 Å². The van der Waals surface area contributed by atoms with Gasteiger partial charge in [0.2, 0.25) is 5.91 Å². The molecule has 6 rings (SSSR count). The Kier molecular flexibility index (Phi) is 8.61. The number of tetrazole rings is 1. The predicted octanol–water partition coefficient (Wildman–Crippen LogP) is 2.55. The number of nitrogens with zero attached hydrogens (tertiary/aromatic N) is 7. The Morgan fingerprint density at radius 3 is 2.09 bits per heavy atom. The highest BCUT2D eigenvalue weighted by Crippen LogP contribution is 2.49. The molecule has 0 bridgehead atoms. The molecule has 1 aliphatic heterocycles. The van der Waals surface area contributed by atoms with Crippen LogP contribution in [0.1, 0.15) is 81.9 Å². The molecule has 3 amide bonds. The zero-order chi connectivity index (χ0) is 33.6. The van der Waals surface area contributed by atoms with Crippen molar-refractivity contribution < 1.29 is 14.4 Å². The molecule has 0 radical (unpaired) electrons. The zero-order valence-electron chi connectivity index (χ0n) is 27.9. The number of aromatic amines is 1. The van der Waals surface area contributed by atoms with Crippen molar-refractivity contribution in [1.29, 1.82) is 5.26 Å². The minimum Gasteiger partial charge on any atom is -0.345 e. The number of nitrogens with one attached hydrogen (secondary N) is 2. The van der Waals surface area contributed by atoms with Crippen LogP contribution in [0.2, 0.25) is 0 Å². The van der Waals surface area contributed by atoms with E-state index in [1.807, 2.05) is 36.4 Å². The first-order valence-electron chi connectivity index (χ1n) is 16.3. The molecule has 1 saturated heterocycles. The molecule has 1 saturated carbocycles. The van der Waals surface area contributed by atoms with E-state index in [0.29, 0.717) is 42.1 Å². The summed E-state index contributed by atoms with van der Waals surface area (Å²) in [6, 6.07) is 13.6. The van der Waals surface area contributed by atoms with Crippen molar-refractivity contribution in [3.8, 4) is 6.07 Å². The second-order valence-corrected chi connectivity index (χ2v) is 14.0. The van der Waals surface area contributed by atoms with E-state index in [0.717, 1.165) is 35.1 Å². The van der Waals surface area contributed by atoms with Crippen LogP contribution in [-0.4, -0.2) is 106 Å². The lowest BCUT2D eigenvalue weighted by Crippen LogP contribution is -2.49. The molecular weight excluding hydrogens is 594 g/mol. The number of H-pyrrole nitrogens is 1. The zero-order valence-corrected chi connectivity index (χ0v) is 27.9. The Morgan fingerprint density at radius 1 is 1.00 bits per heavy atom. The van der Waals surface area contributed by atoms with Gasteiger partial charge in [-0.2, -0.15) is 5.26 Å². The number of hydrogen-bond donors (Lipinski definition) is 2.